The first kappa shape index (κ1) is 16.6. The molecule has 1 aromatic carbocycles. The largest absolute Gasteiger partial charge is 0.494 e. The van der Waals surface area contributed by atoms with Crippen LogP contribution in [0.15, 0.2) is 18.2 Å². The fourth-order valence-corrected chi connectivity index (χ4v) is 1.40. The van der Waals surface area contributed by atoms with Gasteiger partial charge in [-0.05, 0) is 6.07 Å². The molecule has 1 atom stereocenters. The van der Waals surface area contributed by atoms with Crippen LogP contribution in [0.3, 0.4) is 0 Å². The molecule has 0 aliphatic carbocycles. The van der Waals surface area contributed by atoms with Crippen LogP contribution in [0.5, 0.6) is 5.75 Å². The van der Waals surface area contributed by atoms with Gasteiger partial charge in [-0.15, -0.1) is 0 Å². The number of aliphatic hydroxyl groups is 1. The molecule has 0 aliphatic rings. The van der Waals surface area contributed by atoms with Gasteiger partial charge >= 0.3 is 12.3 Å². The molecule has 1 aromatic rings. The fourth-order valence-electron chi connectivity index (χ4n) is 1.40. The Balaban J connectivity index is 2.62. The molecular weight excluding hydrogens is 287 g/mol. The third kappa shape index (κ3) is 4.04. The van der Waals surface area contributed by atoms with Gasteiger partial charge in [-0.25, -0.2) is 13.2 Å². The predicted octanol–water partition coefficient (Wildman–Crippen LogP) is 2.78. The number of halogens is 5. The number of methoxy groups -OCH3 is 1. The van der Waals surface area contributed by atoms with Gasteiger partial charge in [0.05, 0.1) is 13.7 Å². The zero-order chi connectivity index (χ0) is 15.3. The summed E-state index contributed by atoms with van der Waals surface area (Å²) in [7, 11) is 1.22. The van der Waals surface area contributed by atoms with E-state index in [-0.39, 0.29) is 11.3 Å². The molecule has 0 bridgehead atoms. The topological polar surface area (TPSA) is 38.7 Å². The zero-order valence-corrected chi connectivity index (χ0v) is 10.5. The highest BCUT2D eigenvalue weighted by molar-refractivity contribution is 5.32. The van der Waals surface area contributed by atoms with Gasteiger partial charge in [-0.3, -0.25) is 0 Å². The van der Waals surface area contributed by atoms with Crippen molar-refractivity contribution in [2.24, 2.45) is 0 Å². The quantitative estimate of drug-likeness (QED) is 0.787. The number of rotatable bonds is 7. The maximum absolute atomic E-state index is 13.7. The van der Waals surface area contributed by atoms with Crippen LogP contribution in [0.2, 0.25) is 0 Å². The average Bonchev–Trinajstić information content (AvgIpc) is 2.38. The van der Waals surface area contributed by atoms with Gasteiger partial charge in [0.25, 0.3) is 0 Å². The van der Waals surface area contributed by atoms with Crippen molar-refractivity contribution < 1.29 is 36.5 Å². The first-order valence-corrected chi connectivity index (χ1v) is 5.53. The molecule has 1 N–H and O–H groups in total. The number of benzene rings is 1. The molecule has 114 valence electrons. The van der Waals surface area contributed by atoms with Crippen LogP contribution in [0, 0.1) is 5.82 Å². The summed E-state index contributed by atoms with van der Waals surface area (Å²) in [5, 5.41) is 9.60. The molecule has 1 unspecified atom stereocenters. The summed E-state index contributed by atoms with van der Waals surface area (Å²) in [6.45, 7) is -2.31. The van der Waals surface area contributed by atoms with Crippen molar-refractivity contribution >= 4 is 0 Å². The summed E-state index contributed by atoms with van der Waals surface area (Å²) in [6, 6.07) is 3.89. The molecular formula is C12H13F5O3. The van der Waals surface area contributed by atoms with Crippen LogP contribution in [-0.4, -0.2) is 37.8 Å². The van der Waals surface area contributed by atoms with Gasteiger partial charge in [0, 0.05) is 5.56 Å². The Kier molecular flexibility index (Phi) is 5.70. The fraction of sp³-hybridized carbons (Fsp3) is 0.500. The number of hydrogen-bond donors (Lipinski definition) is 1. The predicted molar refractivity (Wildman–Crippen MR) is 59.7 cm³/mol. The Labute approximate surface area is 111 Å². The van der Waals surface area contributed by atoms with Crippen molar-refractivity contribution in [1.29, 1.82) is 0 Å². The van der Waals surface area contributed by atoms with Crippen molar-refractivity contribution in [3.8, 4) is 5.75 Å². The van der Waals surface area contributed by atoms with Crippen LogP contribution in [-0.2, 0) is 4.74 Å². The Morgan fingerprint density at radius 1 is 1.30 bits per heavy atom. The normalized spacial score (nSPS) is 13.6. The molecule has 0 saturated heterocycles. The van der Waals surface area contributed by atoms with Gasteiger partial charge in [-0.1, -0.05) is 12.1 Å². The molecule has 3 nitrogen and oxygen atoms in total. The van der Waals surface area contributed by atoms with E-state index in [1.807, 2.05) is 0 Å². The summed E-state index contributed by atoms with van der Waals surface area (Å²) < 4.78 is 71.5. The second kappa shape index (κ2) is 6.85. The minimum absolute atomic E-state index is 0.139. The van der Waals surface area contributed by atoms with Gasteiger partial charge in [-0.2, -0.15) is 8.78 Å². The van der Waals surface area contributed by atoms with E-state index < -0.39 is 37.5 Å². The van der Waals surface area contributed by atoms with E-state index in [0.717, 1.165) is 0 Å². The Bertz CT molecular complexity index is 439. The lowest BCUT2D eigenvalue weighted by Gasteiger charge is -2.18. The Morgan fingerprint density at radius 3 is 2.50 bits per heavy atom. The molecule has 0 spiro atoms. The summed E-state index contributed by atoms with van der Waals surface area (Å²) >= 11 is 0. The lowest BCUT2D eigenvalue weighted by Crippen LogP contribution is -2.33. The first-order chi connectivity index (χ1) is 9.29. The molecule has 8 heteroatoms. The monoisotopic (exact) mass is 300 g/mol. The van der Waals surface area contributed by atoms with Gasteiger partial charge in [0.15, 0.2) is 11.6 Å². The number of ether oxygens (including phenoxy) is 2. The molecule has 0 radical (unpaired) electrons. The van der Waals surface area contributed by atoms with E-state index >= 15 is 0 Å². The van der Waals surface area contributed by atoms with Crippen LogP contribution in [0.25, 0.3) is 0 Å². The van der Waals surface area contributed by atoms with Crippen LogP contribution in [0.4, 0.5) is 22.0 Å². The highest BCUT2D eigenvalue weighted by Crippen LogP contribution is 2.27. The van der Waals surface area contributed by atoms with Crippen molar-refractivity contribution in [3.63, 3.8) is 0 Å². The maximum atomic E-state index is 13.7. The van der Waals surface area contributed by atoms with E-state index in [4.69, 9.17) is 0 Å². The molecule has 0 fully saturated rings. The summed E-state index contributed by atoms with van der Waals surface area (Å²) in [4.78, 5) is 0. The lowest BCUT2D eigenvalue weighted by atomic mass is 10.1. The first-order valence-electron chi connectivity index (χ1n) is 5.53. The summed E-state index contributed by atoms with van der Waals surface area (Å²) in [6.07, 6.45) is -5.44. The van der Waals surface area contributed by atoms with Crippen molar-refractivity contribution in [3.05, 3.63) is 29.6 Å². The second-order valence-corrected chi connectivity index (χ2v) is 3.96. The summed E-state index contributed by atoms with van der Waals surface area (Å²) in [5.41, 5.74) is -0.232. The van der Waals surface area contributed by atoms with Crippen LogP contribution < -0.4 is 4.74 Å². The molecule has 0 saturated carbocycles. The van der Waals surface area contributed by atoms with E-state index in [1.54, 1.807) is 0 Å². The molecule has 20 heavy (non-hydrogen) atoms. The highest BCUT2D eigenvalue weighted by Gasteiger charge is 2.41. The lowest BCUT2D eigenvalue weighted by molar-refractivity contribution is -0.170. The van der Waals surface area contributed by atoms with Gasteiger partial charge in [0.1, 0.15) is 12.7 Å². The Hall–Kier alpha value is -1.41. The molecule has 0 aromatic heterocycles. The smallest absolute Gasteiger partial charge is 0.330 e. The molecule has 0 heterocycles. The number of hydrogen-bond acceptors (Lipinski definition) is 3. The standard InChI is InChI=1S/C12H13F5O3/c1-19-9-4-2-3-7(10(9)13)8(18)5-20-6-12(16,17)11(14)15/h2-4,8,11,18H,5-6H2,1H3. The Morgan fingerprint density at radius 2 is 1.95 bits per heavy atom. The number of alkyl halides is 4. The number of aliphatic hydroxyl groups excluding tert-OH is 1. The second-order valence-electron chi connectivity index (χ2n) is 3.96. The van der Waals surface area contributed by atoms with Crippen molar-refractivity contribution in [2.45, 2.75) is 18.5 Å². The average molecular weight is 300 g/mol. The molecule has 1 rings (SSSR count). The SMILES string of the molecule is COc1cccc(C(O)COCC(F)(F)C(F)F)c1F. The van der Waals surface area contributed by atoms with E-state index in [1.165, 1.54) is 25.3 Å². The zero-order valence-electron chi connectivity index (χ0n) is 10.5. The third-order valence-electron chi connectivity index (χ3n) is 2.46. The molecule has 0 amide bonds. The van der Waals surface area contributed by atoms with Crippen molar-refractivity contribution in [1.82, 2.24) is 0 Å². The minimum Gasteiger partial charge on any atom is -0.494 e. The minimum atomic E-state index is -4.31. The van der Waals surface area contributed by atoms with Crippen molar-refractivity contribution in [2.75, 3.05) is 20.3 Å². The van der Waals surface area contributed by atoms with E-state index in [2.05, 4.69) is 9.47 Å². The van der Waals surface area contributed by atoms with Gasteiger partial charge in [0.2, 0.25) is 0 Å². The maximum Gasteiger partial charge on any atom is 0.330 e. The highest BCUT2D eigenvalue weighted by atomic mass is 19.3. The van der Waals surface area contributed by atoms with Crippen LogP contribution >= 0.6 is 0 Å². The van der Waals surface area contributed by atoms with E-state index in [9.17, 15) is 27.1 Å². The summed E-state index contributed by atoms with van der Waals surface area (Å²) in [5.74, 6) is -5.32. The van der Waals surface area contributed by atoms with E-state index in [0.29, 0.717) is 0 Å². The molecule has 0 aliphatic heterocycles. The van der Waals surface area contributed by atoms with Gasteiger partial charge < -0.3 is 14.6 Å². The van der Waals surface area contributed by atoms with Crippen LogP contribution in [0.1, 0.15) is 11.7 Å². The third-order valence-corrected chi connectivity index (χ3v) is 2.46.